The van der Waals surface area contributed by atoms with Crippen LogP contribution in [0.5, 0.6) is 11.5 Å². The van der Waals surface area contributed by atoms with Gasteiger partial charge in [-0.05, 0) is 48.7 Å². The molecule has 0 unspecified atom stereocenters. The lowest BCUT2D eigenvalue weighted by Gasteiger charge is -2.11. The molecule has 3 aromatic carbocycles. The molecule has 0 aliphatic carbocycles. The van der Waals surface area contributed by atoms with Crippen LogP contribution in [0.4, 0.5) is 8.78 Å². The number of fused-ring (bicyclic) bond motifs is 1. The number of hydrogen-bond acceptors (Lipinski definition) is 4. The van der Waals surface area contributed by atoms with Crippen molar-refractivity contribution in [3.8, 4) is 17.6 Å². The van der Waals surface area contributed by atoms with E-state index in [1.807, 2.05) is 30.3 Å². The Morgan fingerprint density at radius 1 is 1.03 bits per heavy atom. The second kappa shape index (κ2) is 8.76. The van der Waals surface area contributed by atoms with E-state index in [1.54, 1.807) is 12.1 Å². The van der Waals surface area contributed by atoms with E-state index in [0.717, 1.165) is 25.0 Å². The molecule has 7 heteroatoms. The summed E-state index contributed by atoms with van der Waals surface area (Å²) < 4.78 is 34.9. The van der Waals surface area contributed by atoms with E-state index >= 15 is 0 Å². The third kappa shape index (κ3) is 4.28. The summed E-state index contributed by atoms with van der Waals surface area (Å²) in [6, 6.07) is 17.8. The van der Waals surface area contributed by atoms with Crippen LogP contribution in [0.3, 0.4) is 0 Å². The first-order chi connectivity index (χ1) is 15.1. The minimum Gasteiger partial charge on any atom is -0.453 e. The van der Waals surface area contributed by atoms with Crippen LogP contribution in [0.25, 0.3) is 10.9 Å². The van der Waals surface area contributed by atoms with Crippen LogP contribution >= 0.6 is 0 Å². The molecule has 0 aliphatic heterocycles. The van der Waals surface area contributed by atoms with Gasteiger partial charge in [-0.25, -0.2) is 13.8 Å². The number of hydrogen-bond donors (Lipinski definition) is 0. The molecular weight excluding hydrogens is 400 g/mol. The predicted octanol–water partition coefficient (Wildman–Crippen LogP) is 4.97. The highest BCUT2D eigenvalue weighted by Crippen LogP contribution is 2.30. The standard InChI is InChI=1S/C24H17F2N3O2/c25-20-9-10-21(26)23(19(20)14-27)31-17-8-11-22-18(13-17)24(30)29(15-28-22)12-4-7-16-5-2-1-3-6-16/h1-3,5-6,8-11,13,15H,4,7,12H2. The third-order valence-corrected chi connectivity index (χ3v) is 4.89. The minimum absolute atomic E-state index is 0.106. The van der Waals surface area contributed by atoms with Crippen molar-refractivity contribution >= 4 is 10.9 Å². The minimum atomic E-state index is -0.887. The molecule has 31 heavy (non-hydrogen) atoms. The van der Waals surface area contributed by atoms with Crippen LogP contribution in [0.2, 0.25) is 0 Å². The Morgan fingerprint density at radius 2 is 1.81 bits per heavy atom. The smallest absolute Gasteiger partial charge is 0.261 e. The highest BCUT2D eigenvalue weighted by atomic mass is 19.1. The first-order valence-electron chi connectivity index (χ1n) is 9.66. The molecule has 0 spiro atoms. The lowest BCUT2D eigenvalue weighted by atomic mass is 10.1. The molecule has 0 N–H and O–H groups in total. The maximum absolute atomic E-state index is 14.1. The molecule has 1 heterocycles. The fourth-order valence-electron chi connectivity index (χ4n) is 3.31. The summed E-state index contributed by atoms with van der Waals surface area (Å²) in [5.74, 6) is -2.17. The summed E-state index contributed by atoms with van der Waals surface area (Å²) in [6.45, 7) is 0.485. The molecule has 154 valence electrons. The van der Waals surface area contributed by atoms with Crippen LogP contribution in [-0.4, -0.2) is 9.55 Å². The average molecular weight is 417 g/mol. The summed E-state index contributed by atoms with van der Waals surface area (Å²) >= 11 is 0. The lowest BCUT2D eigenvalue weighted by Crippen LogP contribution is -2.21. The van der Waals surface area contributed by atoms with Crippen molar-refractivity contribution in [3.05, 3.63) is 100 Å². The van der Waals surface area contributed by atoms with Crippen LogP contribution < -0.4 is 10.3 Å². The highest BCUT2D eigenvalue weighted by molar-refractivity contribution is 5.79. The molecule has 0 amide bonds. The summed E-state index contributed by atoms with van der Waals surface area (Å²) in [5.41, 5.74) is 0.843. The average Bonchev–Trinajstić information content (AvgIpc) is 2.79. The number of nitrogens with zero attached hydrogens (tertiary/aromatic N) is 3. The number of rotatable bonds is 6. The van der Waals surface area contributed by atoms with Gasteiger partial charge < -0.3 is 4.74 Å². The van der Waals surface area contributed by atoms with Crippen molar-refractivity contribution in [3.63, 3.8) is 0 Å². The van der Waals surface area contributed by atoms with Gasteiger partial charge in [0.05, 0.1) is 17.2 Å². The second-order valence-electron chi connectivity index (χ2n) is 6.96. The molecule has 0 bridgehead atoms. The number of aromatic nitrogens is 2. The normalized spacial score (nSPS) is 10.7. The first-order valence-corrected chi connectivity index (χ1v) is 9.66. The molecule has 0 saturated heterocycles. The largest absolute Gasteiger partial charge is 0.453 e. The van der Waals surface area contributed by atoms with Crippen LogP contribution in [0, 0.1) is 23.0 Å². The zero-order chi connectivity index (χ0) is 21.8. The third-order valence-electron chi connectivity index (χ3n) is 4.89. The number of benzene rings is 3. The zero-order valence-electron chi connectivity index (χ0n) is 16.4. The SMILES string of the molecule is N#Cc1c(F)ccc(F)c1Oc1ccc2ncn(CCCc3ccccc3)c(=O)c2c1. The molecule has 4 rings (SSSR count). The van der Waals surface area contributed by atoms with Gasteiger partial charge in [-0.15, -0.1) is 0 Å². The molecule has 0 atom stereocenters. The van der Waals surface area contributed by atoms with E-state index in [0.29, 0.717) is 12.1 Å². The molecular formula is C24H17F2N3O2. The van der Waals surface area contributed by atoms with Gasteiger partial charge in [0.1, 0.15) is 23.2 Å². The Labute approximate surface area is 176 Å². The first kappa shape index (κ1) is 20.2. The Bertz CT molecular complexity index is 1350. The van der Waals surface area contributed by atoms with Gasteiger partial charge in [-0.2, -0.15) is 5.26 Å². The lowest BCUT2D eigenvalue weighted by molar-refractivity contribution is 0.435. The maximum Gasteiger partial charge on any atom is 0.261 e. The molecule has 5 nitrogen and oxygen atoms in total. The Hall–Kier alpha value is -4.05. The van der Waals surface area contributed by atoms with E-state index in [9.17, 15) is 13.6 Å². The molecule has 1 aromatic heterocycles. The van der Waals surface area contributed by atoms with Gasteiger partial charge in [0.2, 0.25) is 0 Å². The highest BCUT2D eigenvalue weighted by Gasteiger charge is 2.17. The van der Waals surface area contributed by atoms with E-state index in [-0.39, 0.29) is 16.7 Å². The van der Waals surface area contributed by atoms with Gasteiger partial charge in [0.15, 0.2) is 11.6 Å². The molecule has 0 saturated carbocycles. The summed E-state index contributed by atoms with van der Waals surface area (Å²) in [5, 5.41) is 9.41. The van der Waals surface area contributed by atoms with Crippen LogP contribution in [0.1, 0.15) is 17.5 Å². The number of ether oxygens (including phenoxy) is 1. The predicted molar refractivity (Wildman–Crippen MR) is 112 cm³/mol. The van der Waals surface area contributed by atoms with Crippen molar-refractivity contribution in [2.45, 2.75) is 19.4 Å². The van der Waals surface area contributed by atoms with E-state index in [4.69, 9.17) is 10.00 Å². The summed E-state index contributed by atoms with van der Waals surface area (Å²) in [6.07, 6.45) is 3.08. The summed E-state index contributed by atoms with van der Waals surface area (Å²) in [4.78, 5) is 17.2. The van der Waals surface area contributed by atoms with Gasteiger partial charge in [-0.1, -0.05) is 30.3 Å². The summed E-state index contributed by atoms with van der Waals surface area (Å²) in [7, 11) is 0. The quantitative estimate of drug-likeness (QED) is 0.444. The van der Waals surface area contributed by atoms with Crippen molar-refractivity contribution in [1.82, 2.24) is 9.55 Å². The molecule has 0 aliphatic rings. The molecule has 0 fully saturated rings. The molecule has 0 radical (unpaired) electrons. The van der Waals surface area contributed by atoms with Crippen LogP contribution in [0.15, 0.2) is 71.8 Å². The Morgan fingerprint density at radius 3 is 2.58 bits per heavy atom. The number of aryl methyl sites for hydroxylation is 2. The second-order valence-corrected chi connectivity index (χ2v) is 6.96. The monoisotopic (exact) mass is 417 g/mol. The number of nitriles is 1. The van der Waals surface area contributed by atoms with Gasteiger partial charge in [0, 0.05) is 6.54 Å². The van der Waals surface area contributed by atoms with Crippen molar-refractivity contribution in [1.29, 1.82) is 5.26 Å². The topological polar surface area (TPSA) is 67.9 Å². The fraction of sp³-hybridized carbons (Fsp3) is 0.125. The Balaban J connectivity index is 1.60. The fourth-order valence-corrected chi connectivity index (χ4v) is 3.31. The van der Waals surface area contributed by atoms with Crippen molar-refractivity contribution in [2.24, 2.45) is 0 Å². The van der Waals surface area contributed by atoms with E-state index < -0.39 is 22.9 Å². The number of halogens is 2. The maximum atomic E-state index is 14.1. The Kier molecular flexibility index (Phi) is 5.72. The zero-order valence-corrected chi connectivity index (χ0v) is 16.4. The van der Waals surface area contributed by atoms with Crippen LogP contribution in [-0.2, 0) is 13.0 Å². The van der Waals surface area contributed by atoms with Gasteiger partial charge in [0.25, 0.3) is 5.56 Å². The van der Waals surface area contributed by atoms with Crippen molar-refractivity contribution < 1.29 is 13.5 Å². The molecule has 4 aromatic rings. The van der Waals surface area contributed by atoms with E-state index in [1.165, 1.54) is 28.6 Å². The van der Waals surface area contributed by atoms with E-state index in [2.05, 4.69) is 4.98 Å². The van der Waals surface area contributed by atoms with Crippen molar-refractivity contribution in [2.75, 3.05) is 0 Å². The van der Waals surface area contributed by atoms with Gasteiger partial charge in [-0.3, -0.25) is 9.36 Å². The van der Waals surface area contributed by atoms with Gasteiger partial charge >= 0.3 is 0 Å².